The fourth-order valence-corrected chi connectivity index (χ4v) is 5.37. The predicted molar refractivity (Wildman–Crippen MR) is 149 cm³/mol. The number of hydrogen-bond acceptors (Lipinski definition) is 5. The molecule has 2 amide bonds. The second kappa shape index (κ2) is 11.3. The maximum Gasteiger partial charge on any atom is 0.416 e. The van der Waals surface area contributed by atoms with E-state index in [1.54, 1.807) is 11.0 Å². The lowest BCUT2D eigenvalue weighted by Crippen LogP contribution is -2.48. The summed E-state index contributed by atoms with van der Waals surface area (Å²) in [7, 11) is 0. The van der Waals surface area contributed by atoms with Gasteiger partial charge in [0.25, 0.3) is 5.91 Å². The number of likely N-dealkylation sites (tertiary alicyclic amines) is 1. The first kappa shape index (κ1) is 28.9. The van der Waals surface area contributed by atoms with E-state index in [2.05, 4.69) is 9.88 Å². The molecule has 2 aliphatic rings. The van der Waals surface area contributed by atoms with Crippen LogP contribution >= 0.6 is 0 Å². The van der Waals surface area contributed by atoms with Gasteiger partial charge in [-0.2, -0.15) is 13.2 Å². The summed E-state index contributed by atoms with van der Waals surface area (Å²) >= 11 is 0. The smallest absolute Gasteiger partial charge is 0.416 e. The molecule has 1 N–H and O–H groups in total. The van der Waals surface area contributed by atoms with Crippen molar-refractivity contribution in [2.75, 3.05) is 39.3 Å². The Labute approximate surface area is 237 Å². The Morgan fingerprint density at radius 1 is 0.927 bits per heavy atom. The first-order chi connectivity index (χ1) is 19.4. The van der Waals surface area contributed by atoms with Crippen molar-refractivity contribution in [3.63, 3.8) is 0 Å². The molecule has 0 aliphatic carbocycles. The zero-order valence-corrected chi connectivity index (χ0v) is 23.6. The molecule has 11 heteroatoms. The van der Waals surface area contributed by atoms with Gasteiger partial charge >= 0.3 is 12.3 Å². The van der Waals surface area contributed by atoms with Crippen LogP contribution in [0.4, 0.5) is 18.0 Å². The maximum absolute atomic E-state index is 13.3. The van der Waals surface area contributed by atoms with E-state index in [-0.39, 0.29) is 17.9 Å². The topological polar surface area (TPSA) is 81.8 Å². The largest absolute Gasteiger partial charge is 0.444 e. The monoisotopic (exact) mass is 571 g/mol. The molecule has 2 fully saturated rings. The molecule has 3 heterocycles. The van der Waals surface area contributed by atoms with Gasteiger partial charge in [0.05, 0.1) is 16.6 Å². The minimum atomic E-state index is -4.34. The van der Waals surface area contributed by atoms with Gasteiger partial charge < -0.3 is 19.5 Å². The third-order valence-corrected chi connectivity index (χ3v) is 7.63. The number of nitrogens with zero attached hydrogens (tertiary/aromatic N) is 4. The Kier molecular flexibility index (Phi) is 8.00. The Morgan fingerprint density at radius 2 is 1.59 bits per heavy atom. The van der Waals surface area contributed by atoms with Gasteiger partial charge in [0.2, 0.25) is 0 Å². The van der Waals surface area contributed by atoms with Gasteiger partial charge in [-0.3, -0.25) is 9.69 Å². The molecular formula is C30H36F3N5O3. The van der Waals surface area contributed by atoms with Gasteiger partial charge in [0.15, 0.2) is 0 Å². The van der Waals surface area contributed by atoms with Gasteiger partial charge in [0.1, 0.15) is 11.4 Å². The van der Waals surface area contributed by atoms with E-state index in [9.17, 15) is 22.8 Å². The molecule has 0 spiro atoms. The Hall–Kier alpha value is -3.60. The van der Waals surface area contributed by atoms with E-state index in [0.717, 1.165) is 47.4 Å². The van der Waals surface area contributed by atoms with Crippen molar-refractivity contribution in [2.45, 2.75) is 57.9 Å². The molecule has 41 heavy (non-hydrogen) atoms. The van der Waals surface area contributed by atoms with E-state index >= 15 is 0 Å². The van der Waals surface area contributed by atoms with Crippen molar-refractivity contribution < 1.29 is 27.5 Å². The van der Waals surface area contributed by atoms with Crippen molar-refractivity contribution in [2.24, 2.45) is 0 Å². The second-order valence-corrected chi connectivity index (χ2v) is 11.9. The third-order valence-electron chi connectivity index (χ3n) is 7.63. The molecule has 1 aromatic heterocycles. The quantitative estimate of drug-likeness (QED) is 0.438. The Bertz CT molecular complexity index is 1380. The van der Waals surface area contributed by atoms with E-state index in [0.29, 0.717) is 51.4 Å². The summed E-state index contributed by atoms with van der Waals surface area (Å²) < 4.78 is 43.9. The number of alkyl halides is 3. The molecule has 2 saturated heterocycles. The highest BCUT2D eigenvalue weighted by Gasteiger charge is 2.31. The number of nitrogens with one attached hydrogen (secondary N) is 1. The zero-order chi connectivity index (χ0) is 29.4. The Balaban J connectivity index is 1.15. The van der Waals surface area contributed by atoms with E-state index in [1.165, 1.54) is 12.1 Å². The van der Waals surface area contributed by atoms with Gasteiger partial charge in [-0.05, 0) is 69.5 Å². The van der Waals surface area contributed by atoms with E-state index in [4.69, 9.17) is 9.72 Å². The third kappa shape index (κ3) is 7.01. The fourth-order valence-electron chi connectivity index (χ4n) is 5.37. The number of amides is 2. The number of benzene rings is 2. The predicted octanol–water partition coefficient (Wildman–Crippen LogP) is 5.65. The Morgan fingerprint density at radius 3 is 2.20 bits per heavy atom. The summed E-state index contributed by atoms with van der Waals surface area (Å²) in [6.45, 7) is 9.70. The number of imidazole rings is 1. The van der Waals surface area contributed by atoms with E-state index < -0.39 is 17.3 Å². The number of aromatic nitrogens is 2. The number of aromatic amines is 1. The summed E-state index contributed by atoms with van der Waals surface area (Å²) in [5, 5.41) is 0. The number of fused-ring (bicyclic) bond motifs is 1. The summed E-state index contributed by atoms with van der Waals surface area (Å²) in [6.07, 6.45) is -3.07. The van der Waals surface area contributed by atoms with Crippen LogP contribution in [0.2, 0.25) is 0 Å². The lowest BCUT2D eigenvalue weighted by Gasteiger charge is -2.34. The summed E-state index contributed by atoms with van der Waals surface area (Å²) in [4.78, 5) is 39.5. The molecule has 8 nitrogen and oxygen atoms in total. The number of halogens is 3. The molecule has 2 aromatic carbocycles. The number of ether oxygens (including phenoxy) is 1. The van der Waals surface area contributed by atoms with Crippen LogP contribution < -0.4 is 0 Å². The fraction of sp³-hybridized carbons (Fsp3) is 0.500. The summed E-state index contributed by atoms with van der Waals surface area (Å²) in [5.41, 5.74) is 1.83. The number of carbonyl (C=O) groups is 2. The number of piperidine rings is 1. The number of piperazine rings is 1. The molecule has 0 bridgehead atoms. The van der Waals surface area contributed by atoms with Crippen LogP contribution in [0.5, 0.6) is 0 Å². The minimum absolute atomic E-state index is 0.0529. The number of H-pyrrole nitrogens is 1. The molecular weight excluding hydrogens is 535 g/mol. The standard InChI is InChI=1S/C30H36F3N5O3/c1-29(2,3)41-28(40)38-12-10-21(11-13-38)26-34-24-9-6-22(18-25(24)35-26)27(39)37-16-14-36(15-17-37)19-20-4-7-23(8-5-20)30(31,32)33/h4-9,18,21H,10-17,19H2,1-3H3,(H,34,35). The van der Waals surface area contributed by atoms with Crippen LogP contribution in [-0.4, -0.2) is 81.5 Å². The lowest BCUT2D eigenvalue weighted by molar-refractivity contribution is -0.137. The summed E-state index contributed by atoms with van der Waals surface area (Å²) in [6, 6.07) is 10.8. The van der Waals surface area contributed by atoms with Crippen molar-refractivity contribution in [1.29, 1.82) is 0 Å². The SMILES string of the molecule is CC(C)(C)OC(=O)N1CCC(c2nc3ccc(C(=O)N4CCN(Cc5ccc(C(F)(F)F)cc5)CC4)cc3[nH]2)CC1. The van der Waals surface area contributed by atoms with Crippen LogP contribution in [0.25, 0.3) is 11.0 Å². The molecule has 0 saturated carbocycles. The van der Waals surface area contributed by atoms with Crippen LogP contribution in [0, 0.1) is 0 Å². The normalized spacial score (nSPS) is 17.7. The van der Waals surface area contributed by atoms with Crippen molar-refractivity contribution in [1.82, 2.24) is 24.7 Å². The molecule has 0 atom stereocenters. The first-order valence-electron chi connectivity index (χ1n) is 14.0. The van der Waals surface area contributed by atoms with Crippen LogP contribution in [0.1, 0.15) is 66.8 Å². The minimum Gasteiger partial charge on any atom is -0.444 e. The molecule has 0 radical (unpaired) electrons. The molecule has 0 unspecified atom stereocenters. The second-order valence-electron chi connectivity index (χ2n) is 11.9. The van der Waals surface area contributed by atoms with Crippen LogP contribution in [0.3, 0.4) is 0 Å². The van der Waals surface area contributed by atoms with Crippen LogP contribution in [0.15, 0.2) is 42.5 Å². The van der Waals surface area contributed by atoms with Crippen molar-refractivity contribution in [3.8, 4) is 0 Å². The van der Waals surface area contributed by atoms with Gasteiger partial charge in [-0.25, -0.2) is 9.78 Å². The van der Waals surface area contributed by atoms with Crippen LogP contribution in [-0.2, 0) is 17.5 Å². The number of hydrogen-bond donors (Lipinski definition) is 1. The maximum atomic E-state index is 13.3. The number of carbonyl (C=O) groups excluding carboxylic acids is 2. The van der Waals surface area contributed by atoms with Crippen molar-refractivity contribution in [3.05, 3.63) is 65.0 Å². The average molecular weight is 572 g/mol. The first-order valence-corrected chi connectivity index (χ1v) is 14.0. The molecule has 5 rings (SSSR count). The van der Waals surface area contributed by atoms with Crippen molar-refractivity contribution >= 4 is 23.0 Å². The highest BCUT2D eigenvalue weighted by molar-refractivity contribution is 5.97. The lowest BCUT2D eigenvalue weighted by atomic mass is 9.96. The zero-order valence-electron chi connectivity index (χ0n) is 23.6. The summed E-state index contributed by atoms with van der Waals surface area (Å²) in [5.74, 6) is 1.01. The van der Waals surface area contributed by atoms with E-state index in [1.807, 2.05) is 37.8 Å². The van der Waals surface area contributed by atoms with Gasteiger partial charge in [0, 0.05) is 57.3 Å². The molecule has 2 aliphatic heterocycles. The van der Waals surface area contributed by atoms with Gasteiger partial charge in [-0.1, -0.05) is 12.1 Å². The highest BCUT2D eigenvalue weighted by atomic mass is 19.4. The van der Waals surface area contributed by atoms with Gasteiger partial charge in [-0.15, -0.1) is 0 Å². The highest BCUT2D eigenvalue weighted by Crippen LogP contribution is 2.30. The number of rotatable bonds is 4. The average Bonchev–Trinajstić information content (AvgIpc) is 3.36. The molecule has 220 valence electrons. The molecule has 3 aromatic rings.